The van der Waals surface area contributed by atoms with Crippen LogP contribution in [-0.4, -0.2) is 14.9 Å². The molecule has 0 unspecified atom stereocenters. The number of allylic oxidation sites excluding steroid dienone is 1. The predicted octanol–water partition coefficient (Wildman–Crippen LogP) is 3.66. The van der Waals surface area contributed by atoms with Gasteiger partial charge in [-0.1, -0.05) is 20.8 Å². The Morgan fingerprint density at radius 3 is 2.43 bits per heavy atom. The lowest BCUT2D eigenvalue weighted by Crippen LogP contribution is -2.40. The smallest absolute Gasteiger partial charge is 0.261 e. The summed E-state index contributed by atoms with van der Waals surface area (Å²) in [7, 11) is -1.69. The molecule has 0 aliphatic carbocycles. The van der Waals surface area contributed by atoms with E-state index in [0.717, 1.165) is 25.4 Å². The van der Waals surface area contributed by atoms with Crippen LogP contribution >= 0.6 is 0 Å². The Morgan fingerprint density at radius 2 is 2.00 bits per heavy atom. The zero-order valence-corrected chi connectivity index (χ0v) is 11.0. The van der Waals surface area contributed by atoms with E-state index in [1.165, 1.54) is 0 Å². The second kappa shape index (κ2) is 3.97. The lowest BCUT2D eigenvalue weighted by atomic mass is 10.2. The molecule has 1 aliphatic rings. The van der Waals surface area contributed by atoms with Gasteiger partial charge in [-0.15, -0.1) is 0 Å². The highest BCUT2D eigenvalue weighted by Gasteiger charge is 2.40. The Morgan fingerprint density at radius 1 is 1.36 bits per heavy atom. The zero-order valence-electron chi connectivity index (χ0n) is 10.0. The van der Waals surface area contributed by atoms with Crippen molar-refractivity contribution in [2.75, 3.05) is 6.61 Å². The van der Waals surface area contributed by atoms with E-state index >= 15 is 0 Å². The van der Waals surface area contributed by atoms with Crippen LogP contribution in [0.15, 0.2) is 12.0 Å². The third-order valence-corrected chi connectivity index (χ3v) is 7.39. The van der Waals surface area contributed by atoms with E-state index in [0.29, 0.717) is 0 Å². The van der Waals surface area contributed by atoms with Gasteiger partial charge in [0.2, 0.25) is 0 Å². The van der Waals surface area contributed by atoms with Crippen molar-refractivity contribution in [2.24, 2.45) is 0 Å². The van der Waals surface area contributed by atoms with Crippen LogP contribution in [0.4, 0.5) is 0 Å². The van der Waals surface area contributed by atoms with E-state index < -0.39 is 8.32 Å². The molecule has 1 rings (SSSR count). The number of hydrogen-bond donors (Lipinski definition) is 0. The van der Waals surface area contributed by atoms with Gasteiger partial charge in [-0.3, -0.25) is 0 Å². The van der Waals surface area contributed by atoms with Crippen molar-refractivity contribution in [3.8, 4) is 0 Å². The summed E-state index contributed by atoms with van der Waals surface area (Å²) in [4.78, 5) is 0. The first kappa shape index (κ1) is 11.6. The van der Waals surface area contributed by atoms with Gasteiger partial charge in [0.25, 0.3) is 14.3 Å². The van der Waals surface area contributed by atoms with Crippen LogP contribution in [-0.2, 0) is 9.16 Å². The van der Waals surface area contributed by atoms with Gasteiger partial charge in [0.15, 0.2) is 0 Å². The summed E-state index contributed by atoms with van der Waals surface area (Å²) >= 11 is 0. The lowest BCUT2D eigenvalue weighted by molar-refractivity contribution is 0.0844. The van der Waals surface area contributed by atoms with E-state index in [9.17, 15) is 0 Å². The van der Waals surface area contributed by atoms with Crippen LogP contribution in [0, 0.1) is 0 Å². The molecular formula is C11H22O2Si. The second-order valence-corrected chi connectivity index (χ2v) is 10.1. The van der Waals surface area contributed by atoms with Gasteiger partial charge >= 0.3 is 0 Å². The largest absolute Gasteiger partial charge is 0.519 e. The van der Waals surface area contributed by atoms with Gasteiger partial charge < -0.3 is 9.16 Å². The van der Waals surface area contributed by atoms with Crippen molar-refractivity contribution in [3.63, 3.8) is 0 Å². The Bertz CT molecular complexity index is 226. The first-order valence-corrected chi connectivity index (χ1v) is 8.26. The Hall–Kier alpha value is -0.443. The first-order valence-electron chi connectivity index (χ1n) is 5.35. The van der Waals surface area contributed by atoms with Gasteiger partial charge in [-0.05, 0) is 37.0 Å². The average molecular weight is 214 g/mol. The molecule has 0 N–H and O–H groups in total. The molecule has 82 valence electrons. The standard InChI is InChI=1S/C11H22O2Si/c1-11(2,3)14(4,5)13-10-8-6-7-9-12-10/h8H,6-7,9H2,1-5H3. The number of rotatable bonds is 2. The summed E-state index contributed by atoms with van der Waals surface area (Å²) in [5.74, 6) is 0.767. The van der Waals surface area contributed by atoms with Gasteiger partial charge in [-0.2, -0.15) is 0 Å². The molecule has 0 fully saturated rings. The fraction of sp³-hybridized carbons (Fsp3) is 0.818. The molecule has 0 bridgehead atoms. The predicted molar refractivity (Wildman–Crippen MR) is 61.6 cm³/mol. The second-order valence-electron chi connectivity index (χ2n) is 5.38. The Labute approximate surface area is 88.4 Å². The van der Waals surface area contributed by atoms with Crippen molar-refractivity contribution in [2.45, 2.75) is 51.7 Å². The fourth-order valence-electron chi connectivity index (χ4n) is 1.01. The summed E-state index contributed by atoms with van der Waals surface area (Å²) < 4.78 is 11.5. The summed E-state index contributed by atoms with van der Waals surface area (Å²) in [5.41, 5.74) is 0. The highest BCUT2D eigenvalue weighted by Crippen LogP contribution is 2.38. The molecule has 0 aromatic rings. The van der Waals surface area contributed by atoms with Crippen molar-refractivity contribution in [1.29, 1.82) is 0 Å². The van der Waals surface area contributed by atoms with Crippen molar-refractivity contribution in [3.05, 3.63) is 12.0 Å². The van der Waals surface area contributed by atoms with Crippen molar-refractivity contribution in [1.82, 2.24) is 0 Å². The van der Waals surface area contributed by atoms with Crippen LogP contribution in [0.25, 0.3) is 0 Å². The minimum Gasteiger partial charge on any atom is -0.519 e. The fourth-order valence-corrected chi connectivity index (χ4v) is 1.96. The molecule has 1 aliphatic heterocycles. The molecule has 3 heteroatoms. The molecule has 0 saturated heterocycles. The van der Waals surface area contributed by atoms with Crippen LogP contribution in [0.5, 0.6) is 0 Å². The molecule has 0 saturated carbocycles. The molecule has 0 aromatic carbocycles. The van der Waals surface area contributed by atoms with Gasteiger partial charge in [-0.25, -0.2) is 0 Å². The molecule has 2 nitrogen and oxygen atoms in total. The molecule has 0 aromatic heterocycles. The molecule has 0 atom stereocenters. The van der Waals surface area contributed by atoms with Crippen molar-refractivity contribution >= 4 is 8.32 Å². The van der Waals surface area contributed by atoms with E-state index in [1.54, 1.807) is 0 Å². The summed E-state index contributed by atoms with van der Waals surface area (Å²) in [6.45, 7) is 12.0. The minimum atomic E-state index is -1.69. The minimum absolute atomic E-state index is 0.245. The molecule has 0 radical (unpaired) electrons. The zero-order chi connectivity index (χ0) is 10.8. The average Bonchev–Trinajstić information content (AvgIpc) is 2.03. The van der Waals surface area contributed by atoms with Crippen LogP contribution < -0.4 is 0 Å². The maximum atomic E-state index is 6.02. The molecular weight excluding hydrogens is 192 g/mol. The van der Waals surface area contributed by atoms with Crippen molar-refractivity contribution < 1.29 is 9.16 Å². The van der Waals surface area contributed by atoms with E-state index in [-0.39, 0.29) is 5.04 Å². The van der Waals surface area contributed by atoms with Crippen LogP contribution in [0.2, 0.25) is 18.1 Å². The number of ether oxygens (including phenoxy) is 1. The van der Waals surface area contributed by atoms with E-state index in [4.69, 9.17) is 9.16 Å². The summed E-state index contributed by atoms with van der Waals surface area (Å²) in [5, 5.41) is 0.245. The SMILES string of the molecule is CC(C)(C)[Si](C)(C)OC1=CCCCO1. The molecule has 0 amide bonds. The third kappa shape index (κ3) is 2.77. The maximum Gasteiger partial charge on any atom is 0.261 e. The van der Waals surface area contributed by atoms with Crippen LogP contribution in [0.3, 0.4) is 0 Å². The molecule has 0 spiro atoms. The highest BCUT2D eigenvalue weighted by molar-refractivity contribution is 6.74. The lowest BCUT2D eigenvalue weighted by Gasteiger charge is -2.37. The maximum absolute atomic E-state index is 6.02. The first-order chi connectivity index (χ1) is 6.33. The normalized spacial score (nSPS) is 18.5. The monoisotopic (exact) mass is 214 g/mol. The molecule has 1 heterocycles. The Balaban J connectivity index is 2.62. The topological polar surface area (TPSA) is 18.5 Å². The van der Waals surface area contributed by atoms with Gasteiger partial charge in [0, 0.05) is 0 Å². The summed E-state index contributed by atoms with van der Waals surface area (Å²) in [6.07, 6.45) is 4.28. The van der Waals surface area contributed by atoms with E-state index in [2.05, 4.69) is 39.9 Å². The quantitative estimate of drug-likeness (QED) is 0.653. The third-order valence-electron chi connectivity index (χ3n) is 3.07. The van der Waals surface area contributed by atoms with Gasteiger partial charge in [0.1, 0.15) is 0 Å². The highest BCUT2D eigenvalue weighted by atomic mass is 28.4. The van der Waals surface area contributed by atoms with E-state index in [1.807, 2.05) is 0 Å². The summed E-state index contributed by atoms with van der Waals surface area (Å²) in [6, 6.07) is 0. The van der Waals surface area contributed by atoms with Gasteiger partial charge in [0.05, 0.1) is 6.61 Å². The van der Waals surface area contributed by atoms with Crippen LogP contribution in [0.1, 0.15) is 33.6 Å². The molecule has 14 heavy (non-hydrogen) atoms. The Kier molecular flexibility index (Phi) is 3.30. The number of hydrogen-bond acceptors (Lipinski definition) is 2.